The fourth-order valence-corrected chi connectivity index (χ4v) is 3.59. The van der Waals surface area contributed by atoms with E-state index >= 15 is 0 Å². The maximum Gasteiger partial charge on any atom is 0.354 e. The molecule has 0 amide bonds. The lowest BCUT2D eigenvalue weighted by Gasteiger charge is -2.32. The number of pyridine rings is 2. The molecule has 0 aliphatic carbocycles. The summed E-state index contributed by atoms with van der Waals surface area (Å²) in [6.07, 6.45) is 9.46. The molecule has 4 rings (SSSR count). The minimum Gasteiger partial charge on any atom is -0.477 e. The Morgan fingerprint density at radius 2 is 2.00 bits per heavy atom. The second-order valence-electron chi connectivity index (χ2n) is 6.72. The molecule has 138 valence electrons. The predicted molar refractivity (Wildman–Crippen MR) is 101 cm³/mol. The van der Waals surface area contributed by atoms with E-state index in [1.807, 2.05) is 30.7 Å². The van der Waals surface area contributed by atoms with Crippen LogP contribution in [-0.4, -0.2) is 43.7 Å². The van der Waals surface area contributed by atoms with Gasteiger partial charge in [-0.15, -0.1) is 0 Å². The van der Waals surface area contributed by atoms with Crippen molar-refractivity contribution in [3.05, 3.63) is 72.2 Å². The summed E-state index contributed by atoms with van der Waals surface area (Å²) in [4.78, 5) is 26.3. The zero-order valence-electron chi connectivity index (χ0n) is 14.9. The van der Waals surface area contributed by atoms with Crippen LogP contribution in [0.1, 0.15) is 40.6 Å². The molecule has 0 unspecified atom stereocenters. The van der Waals surface area contributed by atoms with Gasteiger partial charge in [-0.05, 0) is 36.6 Å². The highest BCUT2D eigenvalue weighted by atomic mass is 16.4. The standard InChI is InChI=1S/C20H21N5O2/c26-20(27)17-4-1-5-18(23-17)24-10-6-16(7-11-24)19-22-9-12-25(19)14-15-3-2-8-21-13-15/h1-5,8-9,12-13,16H,6-7,10-11,14H2,(H,26,27). The smallest absolute Gasteiger partial charge is 0.354 e. The lowest BCUT2D eigenvalue weighted by atomic mass is 9.95. The van der Waals surface area contributed by atoms with E-state index in [2.05, 4.69) is 30.5 Å². The molecule has 1 saturated heterocycles. The molecule has 1 aliphatic rings. The van der Waals surface area contributed by atoms with E-state index < -0.39 is 5.97 Å². The van der Waals surface area contributed by atoms with Crippen LogP contribution in [0.2, 0.25) is 0 Å². The summed E-state index contributed by atoms with van der Waals surface area (Å²) in [5, 5.41) is 9.13. The Morgan fingerprint density at radius 3 is 2.74 bits per heavy atom. The maximum absolute atomic E-state index is 11.1. The first-order valence-electron chi connectivity index (χ1n) is 9.06. The van der Waals surface area contributed by atoms with Crippen molar-refractivity contribution in [2.75, 3.05) is 18.0 Å². The normalized spacial score (nSPS) is 15.0. The monoisotopic (exact) mass is 363 g/mol. The topological polar surface area (TPSA) is 84.1 Å². The molecule has 0 atom stereocenters. The third-order valence-electron chi connectivity index (χ3n) is 4.96. The molecule has 3 aromatic rings. The van der Waals surface area contributed by atoms with Gasteiger partial charge in [0, 0.05) is 43.8 Å². The Hall–Kier alpha value is -3.22. The second-order valence-corrected chi connectivity index (χ2v) is 6.72. The van der Waals surface area contributed by atoms with Crippen molar-refractivity contribution in [1.29, 1.82) is 0 Å². The van der Waals surface area contributed by atoms with Crippen LogP contribution < -0.4 is 4.90 Å². The quantitative estimate of drug-likeness (QED) is 0.750. The zero-order chi connectivity index (χ0) is 18.6. The maximum atomic E-state index is 11.1. The van der Waals surface area contributed by atoms with Crippen molar-refractivity contribution >= 4 is 11.8 Å². The lowest BCUT2D eigenvalue weighted by molar-refractivity contribution is 0.0690. The van der Waals surface area contributed by atoms with Crippen LogP contribution in [0.3, 0.4) is 0 Å². The van der Waals surface area contributed by atoms with Crippen molar-refractivity contribution in [3.8, 4) is 0 Å². The summed E-state index contributed by atoms with van der Waals surface area (Å²) in [5.41, 5.74) is 1.24. The lowest BCUT2D eigenvalue weighted by Crippen LogP contribution is -2.34. The highest BCUT2D eigenvalue weighted by molar-refractivity contribution is 5.85. The summed E-state index contributed by atoms with van der Waals surface area (Å²) >= 11 is 0. The minimum absolute atomic E-state index is 0.0848. The Bertz CT molecular complexity index is 917. The van der Waals surface area contributed by atoms with Gasteiger partial charge in [0.1, 0.15) is 11.6 Å². The summed E-state index contributed by atoms with van der Waals surface area (Å²) in [5.74, 6) is 1.22. The average molecular weight is 363 g/mol. The largest absolute Gasteiger partial charge is 0.477 e. The SMILES string of the molecule is O=C(O)c1cccc(N2CCC(c3nccn3Cc3cccnc3)CC2)n1. The molecule has 0 saturated carbocycles. The number of piperidine rings is 1. The molecule has 0 spiro atoms. The Balaban J connectivity index is 1.44. The van der Waals surface area contributed by atoms with Gasteiger partial charge in [0.15, 0.2) is 5.69 Å². The van der Waals surface area contributed by atoms with Gasteiger partial charge in [0.05, 0.1) is 6.54 Å². The number of carboxylic acid groups (broad SMARTS) is 1. The van der Waals surface area contributed by atoms with Crippen LogP contribution >= 0.6 is 0 Å². The first-order chi connectivity index (χ1) is 13.2. The van der Waals surface area contributed by atoms with E-state index in [0.29, 0.717) is 5.92 Å². The molecule has 7 heteroatoms. The number of imidazole rings is 1. The Kier molecular flexibility index (Phi) is 4.82. The van der Waals surface area contributed by atoms with Crippen LogP contribution in [0.5, 0.6) is 0 Å². The van der Waals surface area contributed by atoms with Gasteiger partial charge < -0.3 is 14.6 Å². The Labute approximate surface area is 157 Å². The van der Waals surface area contributed by atoms with Crippen molar-refractivity contribution in [3.63, 3.8) is 0 Å². The summed E-state index contributed by atoms with van der Waals surface area (Å²) in [6.45, 7) is 2.44. The van der Waals surface area contributed by atoms with Gasteiger partial charge in [-0.25, -0.2) is 14.8 Å². The molecule has 4 heterocycles. The number of carboxylic acids is 1. The fourth-order valence-electron chi connectivity index (χ4n) is 3.59. The highest BCUT2D eigenvalue weighted by Crippen LogP contribution is 2.29. The van der Waals surface area contributed by atoms with Crippen LogP contribution in [0.25, 0.3) is 0 Å². The average Bonchev–Trinajstić information content (AvgIpc) is 3.17. The van der Waals surface area contributed by atoms with Gasteiger partial charge in [-0.2, -0.15) is 0 Å². The molecule has 0 aromatic carbocycles. The first-order valence-corrected chi connectivity index (χ1v) is 9.06. The molecular weight excluding hydrogens is 342 g/mol. The number of rotatable bonds is 5. The molecule has 0 radical (unpaired) electrons. The predicted octanol–water partition coefficient (Wildman–Crippen LogP) is 2.80. The Morgan fingerprint density at radius 1 is 1.15 bits per heavy atom. The van der Waals surface area contributed by atoms with E-state index in [4.69, 9.17) is 5.11 Å². The molecule has 0 bridgehead atoms. The van der Waals surface area contributed by atoms with Crippen LogP contribution in [0.4, 0.5) is 5.82 Å². The summed E-state index contributed by atoms with van der Waals surface area (Å²) in [7, 11) is 0. The van der Waals surface area contributed by atoms with Crippen molar-refractivity contribution in [1.82, 2.24) is 19.5 Å². The molecule has 7 nitrogen and oxygen atoms in total. The third kappa shape index (κ3) is 3.81. The summed E-state index contributed by atoms with van der Waals surface area (Å²) < 4.78 is 2.20. The molecule has 3 aromatic heterocycles. The van der Waals surface area contributed by atoms with Crippen molar-refractivity contribution in [2.24, 2.45) is 0 Å². The third-order valence-corrected chi connectivity index (χ3v) is 4.96. The molecule has 1 N–H and O–H groups in total. The van der Waals surface area contributed by atoms with Gasteiger partial charge in [-0.3, -0.25) is 4.98 Å². The number of aromatic nitrogens is 4. The van der Waals surface area contributed by atoms with E-state index in [9.17, 15) is 4.79 Å². The van der Waals surface area contributed by atoms with Crippen LogP contribution in [0.15, 0.2) is 55.1 Å². The van der Waals surface area contributed by atoms with Gasteiger partial charge in [0.2, 0.25) is 0 Å². The van der Waals surface area contributed by atoms with Crippen LogP contribution in [0, 0.1) is 0 Å². The van der Waals surface area contributed by atoms with Crippen molar-refractivity contribution < 1.29 is 9.90 Å². The number of hydrogen-bond acceptors (Lipinski definition) is 5. The molecule has 1 fully saturated rings. The van der Waals surface area contributed by atoms with E-state index in [1.54, 1.807) is 12.3 Å². The van der Waals surface area contributed by atoms with Crippen LogP contribution in [-0.2, 0) is 6.54 Å². The van der Waals surface area contributed by atoms with E-state index in [1.165, 1.54) is 6.07 Å². The highest BCUT2D eigenvalue weighted by Gasteiger charge is 2.25. The number of nitrogens with zero attached hydrogens (tertiary/aromatic N) is 5. The minimum atomic E-state index is -0.996. The van der Waals surface area contributed by atoms with E-state index in [0.717, 1.165) is 49.7 Å². The van der Waals surface area contributed by atoms with Gasteiger partial charge in [-0.1, -0.05) is 12.1 Å². The van der Waals surface area contributed by atoms with Gasteiger partial charge >= 0.3 is 5.97 Å². The van der Waals surface area contributed by atoms with Gasteiger partial charge in [0.25, 0.3) is 0 Å². The first kappa shape index (κ1) is 17.2. The molecule has 27 heavy (non-hydrogen) atoms. The zero-order valence-corrected chi connectivity index (χ0v) is 14.9. The fraction of sp³-hybridized carbons (Fsp3) is 0.300. The number of hydrogen-bond donors (Lipinski definition) is 1. The number of anilines is 1. The summed E-state index contributed by atoms with van der Waals surface area (Å²) in [6, 6.07) is 9.16. The number of aromatic carboxylic acids is 1. The number of carbonyl (C=O) groups is 1. The van der Waals surface area contributed by atoms with E-state index in [-0.39, 0.29) is 5.69 Å². The molecular formula is C20H21N5O2. The molecule has 1 aliphatic heterocycles. The van der Waals surface area contributed by atoms with Crippen molar-refractivity contribution in [2.45, 2.75) is 25.3 Å². The second kappa shape index (κ2) is 7.57.